The molecule has 0 radical (unpaired) electrons. The van der Waals surface area contributed by atoms with E-state index in [0.29, 0.717) is 42.5 Å². The van der Waals surface area contributed by atoms with Crippen LogP contribution in [0.3, 0.4) is 0 Å². The van der Waals surface area contributed by atoms with E-state index in [1.165, 1.54) is 0 Å². The summed E-state index contributed by atoms with van der Waals surface area (Å²) < 4.78 is 5.82. The van der Waals surface area contributed by atoms with Crippen molar-refractivity contribution >= 4 is 34.3 Å². The molecule has 1 fully saturated rings. The summed E-state index contributed by atoms with van der Waals surface area (Å²) in [7, 11) is 1.83. The molecule has 0 unspecified atom stereocenters. The predicted molar refractivity (Wildman–Crippen MR) is 125 cm³/mol. The third-order valence-corrected chi connectivity index (χ3v) is 7.12. The number of halogens is 1. The summed E-state index contributed by atoms with van der Waals surface area (Å²) >= 11 is 6.27. The number of carbonyl (C=O) groups is 2. The number of aromatic nitrogens is 3. The van der Waals surface area contributed by atoms with Crippen LogP contribution in [0.1, 0.15) is 58.9 Å². The van der Waals surface area contributed by atoms with E-state index in [9.17, 15) is 9.59 Å². The van der Waals surface area contributed by atoms with Gasteiger partial charge in [-0.1, -0.05) is 17.7 Å². The maximum Gasteiger partial charge on any atom is 0.272 e. The van der Waals surface area contributed by atoms with E-state index in [4.69, 9.17) is 16.3 Å². The molecule has 5 rings (SSSR count). The molecule has 9 heteroatoms. The molecule has 0 saturated heterocycles. The first-order valence-corrected chi connectivity index (χ1v) is 11.7. The third kappa shape index (κ3) is 3.91. The van der Waals surface area contributed by atoms with Crippen LogP contribution >= 0.6 is 11.6 Å². The zero-order valence-electron chi connectivity index (χ0n) is 19.1. The molecule has 1 aliphatic carbocycles. The molecule has 33 heavy (non-hydrogen) atoms. The first kappa shape index (κ1) is 22.0. The van der Waals surface area contributed by atoms with Crippen molar-refractivity contribution in [2.45, 2.75) is 51.3 Å². The molecule has 1 aliphatic heterocycles. The number of H-pyrrole nitrogens is 2. The first-order valence-electron chi connectivity index (χ1n) is 11.3. The van der Waals surface area contributed by atoms with Gasteiger partial charge in [0.25, 0.3) is 11.8 Å². The molecule has 1 saturated carbocycles. The van der Waals surface area contributed by atoms with E-state index in [2.05, 4.69) is 15.2 Å². The van der Waals surface area contributed by atoms with Crippen LogP contribution in [0, 0.1) is 0 Å². The van der Waals surface area contributed by atoms with E-state index < -0.39 is 0 Å². The smallest absolute Gasteiger partial charge is 0.272 e. The fourth-order valence-corrected chi connectivity index (χ4v) is 4.70. The number of ether oxygens (including phenoxy) is 1. The van der Waals surface area contributed by atoms with Crippen molar-refractivity contribution in [2.75, 3.05) is 20.2 Å². The second-order valence-corrected chi connectivity index (χ2v) is 9.74. The molecule has 1 aromatic carbocycles. The molecule has 174 valence electrons. The minimum atomic E-state index is -0.257. The Kier molecular flexibility index (Phi) is 5.45. The highest BCUT2D eigenvalue weighted by molar-refractivity contribution is 6.35. The number of likely N-dealkylation sites (N-methyl/N-ethyl adjacent to an activating group) is 1. The van der Waals surface area contributed by atoms with Crippen molar-refractivity contribution in [2.24, 2.45) is 0 Å². The number of amides is 2. The Bertz CT molecular complexity index is 1230. The Labute approximate surface area is 197 Å². The standard InChI is InChI=1S/C24H28ClN5O3/c1-14(2)33-13-24(8-9-24)29(3)23(32)21-16-12-30(10-7-19(16)27-28-21)22(31)20-11-15-17(25)5-4-6-18(15)26-20/h4-6,11,14,26H,7-10,12-13H2,1-3H3,(H,27,28). The highest BCUT2D eigenvalue weighted by Gasteiger charge is 2.49. The monoisotopic (exact) mass is 469 g/mol. The van der Waals surface area contributed by atoms with Gasteiger partial charge in [-0.2, -0.15) is 5.10 Å². The van der Waals surface area contributed by atoms with Crippen LogP contribution in [0.25, 0.3) is 10.9 Å². The van der Waals surface area contributed by atoms with E-state index in [0.717, 1.165) is 35.0 Å². The number of hydrogen-bond donors (Lipinski definition) is 2. The predicted octanol–water partition coefficient (Wildman–Crippen LogP) is 3.77. The molecular formula is C24H28ClN5O3. The number of aromatic amines is 2. The summed E-state index contributed by atoms with van der Waals surface area (Å²) in [6.07, 6.45) is 2.56. The lowest BCUT2D eigenvalue weighted by Crippen LogP contribution is -2.43. The number of nitrogens with one attached hydrogen (secondary N) is 2. The molecule has 0 bridgehead atoms. The Morgan fingerprint density at radius 1 is 1.33 bits per heavy atom. The average molecular weight is 470 g/mol. The average Bonchev–Trinajstić information content (AvgIpc) is 3.27. The van der Waals surface area contributed by atoms with E-state index in [1.54, 1.807) is 21.9 Å². The lowest BCUT2D eigenvalue weighted by atomic mass is 10.0. The Balaban J connectivity index is 1.35. The summed E-state index contributed by atoms with van der Waals surface area (Å²) in [5, 5.41) is 8.75. The SMILES string of the molecule is CC(C)OCC1(N(C)C(=O)c2[nH]nc3c2CN(C(=O)c2cc4c(Cl)cccc4[nH]2)CC3)CC1. The van der Waals surface area contributed by atoms with Crippen LogP contribution in [0.5, 0.6) is 0 Å². The van der Waals surface area contributed by atoms with Gasteiger partial charge in [-0.05, 0) is 44.9 Å². The Morgan fingerprint density at radius 3 is 2.82 bits per heavy atom. The van der Waals surface area contributed by atoms with Gasteiger partial charge < -0.3 is 19.5 Å². The maximum atomic E-state index is 13.4. The zero-order chi connectivity index (χ0) is 23.3. The second-order valence-electron chi connectivity index (χ2n) is 9.33. The molecule has 2 aliphatic rings. The summed E-state index contributed by atoms with van der Waals surface area (Å²) in [5.74, 6) is -0.231. The van der Waals surface area contributed by atoms with Crippen molar-refractivity contribution < 1.29 is 14.3 Å². The molecular weight excluding hydrogens is 442 g/mol. The van der Waals surface area contributed by atoms with Gasteiger partial charge >= 0.3 is 0 Å². The van der Waals surface area contributed by atoms with Crippen molar-refractivity contribution in [1.29, 1.82) is 0 Å². The number of nitrogens with zero attached hydrogens (tertiary/aromatic N) is 3. The van der Waals surface area contributed by atoms with Gasteiger partial charge in [0.1, 0.15) is 11.4 Å². The molecule has 2 amide bonds. The van der Waals surface area contributed by atoms with Gasteiger partial charge in [-0.15, -0.1) is 0 Å². The molecule has 2 aromatic heterocycles. The topological polar surface area (TPSA) is 94.3 Å². The summed E-state index contributed by atoms with van der Waals surface area (Å²) in [5.41, 5.74) is 3.15. The number of rotatable bonds is 6. The highest BCUT2D eigenvalue weighted by Crippen LogP contribution is 2.42. The van der Waals surface area contributed by atoms with Gasteiger partial charge in [0.15, 0.2) is 0 Å². The largest absolute Gasteiger partial charge is 0.376 e. The van der Waals surface area contributed by atoms with Gasteiger partial charge in [-0.3, -0.25) is 14.7 Å². The molecule has 0 atom stereocenters. The Morgan fingerprint density at radius 2 is 2.12 bits per heavy atom. The van der Waals surface area contributed by atoms with Crippen LogP contribution in [0.4, 0.5) is 0 Å². The van der Waals surface area contributed by atoms with Gasteiger partial charge in [0.05, 0.1) is 30.5 Å². The van der Waals surface area contributed by atoms with E-state index in [-0.39, 0.29) is 23.5 Å². The maximum absolute atomic E-state index is 13.4. The van der Waals surface area contributed by atoms with Crippen molar-refractivity contribution in [3.63, 3.8) is 0 Å². The number of carbonyl (C=O) groups excluding carboxylic acids is 2. The van der Waals surface area contributed by atoms with Crippen LogP contribution in [-0.4, -0.2) is 68.6 Å². The van der Waals surface area contributed by atoms with Crippen LogP contribution in [0.2, 0.25) is 5.02 Å². The summed E-state index contributed by atoms with van der Waals surface area (Å²) in [4.78, 5) is 33.3. The molecule has 3 heterocycles. The minimum Gasteiger partial charge on any atom is -0.376 e. The van der Waals surface area contributed by atoms with Crippen LogP contribution in [0.15, 0.2) is 24.3 Å². The van der Waals surface area contributed by atoms with E-state index in [1.807, 2.05) is 33.0 Å². The van der Waals surface area contributed by atoms with Crippen molar-refractivity contribution in [3.05, 3.63) is 51.9 Å². The normalized spacial score (nSPS) is 16.8. The van der Waals surface area contributed by atoms with Crippen molar-refractivity contribution in [3.8, 4) is 0 Å². The molecule has 8 nitrogen and oxygen atoms in total. The highest BCUT2D eigenvalue weighted by atomic mass is 35.5. The quantitative estimate of drug-likeness (QED) is 0.574. The fourth-order valence-electron chi connectivity index (χ4n) is 4.47. The van der Waals surface area contributed by atoms with Gasteiger partial charge in [0.2, 0.25) is 0 Å². The van der Waals surface area contributed by atoms with Gasteiger partial charge in [0, 0.05) is 41.5 Å². The number of benzene rings is 1. The third-order valence-electron chi connectivity index (χ3n) is 6.79. The second kappa shape index (κ2) is 8.18. The summed E-state index contributed by atoms with van der Waals surface area (Å²) in [6.45, 7) is 5.39. The first-order chi connectivity index (χ1) is 15.8. The van der Waals surface area contributed by atoms with Crippen LogP contribution < -0.4 is 0 Å². The molecule has 2 N–H and O–H groups in total. The zero-order valence-corrected chi connectivity index (χ0v) is 19.8. The summed E-state index contributed by atoms with van der Waals surface area (Å²) in [6, 6.07) is 7.33. The fraction of sp³-hybridized carbons (Fsp3) is 0.458. The minimum absolute atomic E-state index is 0.111. The lowest BCUT2D eigenvalue weighted by molar-refractivity contribution is 0.0200. The van der Waals surface area contributed by atoms with E-state index >= 15 is 0 Å². The number of hydrogen-bond acceptors (Lipinski definition) is 4. The number of fused-ring (bicyclic) bond motifs is 2. The van der Waals surface area contributed by atoms with Crippen LogP contribution in [-0.2, 0) is 17.7 Å². The molecule has 3 aromatic rings. The lowest BCUT2D eigenvalue weighted by Gasteiger charge is -2.30. The Hall–Kier alpha value is -2.84. The molecule has 0 spiro atoms. The van der Waals surface area contributed by atoms with Crippen molar-refractivity contribution in [1.82, 2.24) is 25.0 Å². The van der Waals surface area contributed by atoms with Gasteiger partial charge in [-0.25, -0.2) is 0 Å².